The maximum Gasteiger partial charge on any atom is 0.0701 e. The van der Waals surface area contributed by atoms with Crippen LogP contribution >= 0.6 is 0 Å². The first-order valence-corrected chi connectivity index (χ1v) is 7.58. The summed E-state index contributed by atoms with van der Waals surface area (Å²) in [7, 11) is 1.98. The summed E-state index contributed by atoms with van der Waals surface area (Å²) in [6, 6.07) is 6.87. The second-order valence-electron chi connectivity index (χ2n) is 5.30. The van der Waals surface area contributed by atoms with E-state index in [1.807, 2.05) is 7.05 Å². The van der Waals surface area contributed by atoms with Gasteiger partial charge in [-0.2, -0.15) is 0 Å². The summed E-state index contributed by atoms with van der Waals surface area (Å²) < 4.78 is 11.2. The van der Waals surface area contributed by atoms with Crippen molar-refractivity contribution in [1.82, 2.24) is 5.32 Å². The lowest BCUT2D eigenvalue weighted by Crippen LogP contribution is -2.23. The van der Waals surface area contributed by atoms with Crippen molar-refractivity contribution >= 4 is 0 Å². The molecule has 0 aromatic heterocycles. The number of likely N-dealkylation sites (N-methyl/N-ethyl adjacent to an activating group) is 1. The number of benzene rings is 1. The van der Waals surface area contributed by atoms with Crippen molar-refractivity contribution in [2.75, 3.05) is 33.5 Å². The third kappa shape index (κ3) is 6.51. The van der Waals surface area contributed by atoms with E-state index in [1.54, 1.807) is 0 Å². The molecule has 0 spiro atoms. The largest absolute Gasteiger partial charge is 0.379 e. The number of unbranched alkanes of at least 4 members (excludes halogenated alkanes) is 1. The van der Waals surface area contributed by atoms with Crippen LogP contribution in [0.1, 0.15) is 42.5 Å². The summed E-state index contributed by atoms with van der Waals surface area (Å²) in [4.78, 5) is 0. The van der Waals surface area contributed by atoms with E-state index in [1.165, 1.54) is 23.1 Å². The highest BCUT2D eigenvalue weighted by Crippen LogP contribution is 2.17. The second kappa shape index (κ2) is 9.92. The Morgan fingerprint density at radius 3 is 2.25 bits per heavy atom. The summed E-state index contributed by atoms with van der Waals surface area (Å²) in [6.07, 6.45) is 2.30. The van der Waals surface area contributed by atoms with Crippen molar-refractivity contribution in [3.8, 4) is 0 Å². The zero-order valence-electron chi connectivity index (χ0n) is 13.4. The van der Waals surface area contributed by atoms with Crippen LogP contribution in [0.25, 0.3) is 0 Å². The Hall–Kier alpha value is -0.900. The van der Waals surface area contributed by atoms with Gasteiger partial charge in [-0.15, -0.1) is 0 Å². The molecule has 1 aromatic carbocycles. The third-order valence-electron chi connectivity index (χ3n) is 3.29. The van der Waals surface area contributed by atoms with Gasteiger partial charge in [0.05, 0.1) is 25.9 Å². The number of rotatable bonds is 10. The number of nitrogens with one attached hydrogen (secondary N) is 1. The molecule has 1 unspecified atom stereocenters. The van der Waals surface area contributed by atoms with E-state index < -0.39 is 0 Å². The molecule has 114 valence electrons. The Labute approximate surface area is 123 Å². The van der Waals surface area contributed by atoms with E-state index in [0.29, 0.717) is 19.8 Å². The van der Waals surface area contributed by atoms with E-state index in [9.17, 15) is 0 Å². The molecule has 1 atom stereocenters. The summed E-state index contributed by atoms with van der Waals surface area (Å²) in [6.45, 7) is 9.29. The van der Waals surface area contributed by atoms with Crippen molar-refractivity contribution in [3.63, 3.8) is 0 Å². The Morgan fingerprint density at radius 2 is 1.65 bits per heavy atom. The molecule has 0 saturated carbocycles. The fourth-order valence-corrected chi connectivity index (χ4v) is 2.22. The first kappa shape index (κ1) is 17.2. The van der Waals surface area contributed by atoms with Crippen molar-refractivity contribution in [1.29, 1.82) is 0 Å². The molecule has 0 bridgehead atoms. The highest BCUT2D eigenvalue weighted by molar-refractivity contribution is 5.30. The standard InChI is InChI=1S/C17H29NO2/c1-5-6-7-19-8-9-20-13-17(18-4)16-11-14(2)10-15(3)12-16/h10-12,17-18H,5-9,13H2,1-4H3. The minimum Gasteiger partial charge on any atom is -0.379 e. The van der Waals surface area contributed by atoms with Gasteiger partial charge in [-0.3, -0.25) is 0 Å². The minimum atomic E-state index is 0.240. The lowest BCUT2D eigenvalue weighted by atomic mass is 10.0. The summed E-state index contributed by atoms with van der Waals surface area (Å²) in [5.41, 5.74) is 3.88. The van der Waals surface area contributed by atoms with Gasteiger partial charge in [-0.05, 0) is 32.9 Å². The molecule has 0 amide bonds. The number of ether oxygens (including phenoxy) is 2. The Kier molecular flexibility index (Phi) is 8.51. The number of hydrogen-bond acceptors (Lipinski definition) is 3. The van der Waals surface area contributed by atoms with Crippen LogP contribution in [0.2, 0.25) is 0 Å². The molecule has 1 aromatic rings. The molecule has 3 heteroatoms. The molecule has 0 radical (unpaired) electrons. The molecular formula is C17H29NO2. The minimum absolute atomic E-state index is 0.240. The number of hydrogen-bond donors (Lipinski definition) is 1. The SMILES string of the molecule is CCCCOCCOCC(NC)c1cc(C)cc(C)c1. The van der Waals surface area contributed by atoms with Crippen LogP contribution < -0.4 is 5.32 Å². The van der Waals surface area contributed by atoms with Gasteiger partial charge in [-0.1, -0.05) is 42.7 Å². The Bertz CT molecular complexity index is 359. The lowest BCUT2D eigenvalue weighted by Gasteiger charge is -2.18. The van der Waals surface area contributed by atoms with Crippen LogP contribution in [0, 0.1) is 13.8 Å². The first-order valence-electron chi connectivity index (χ1n) is 7.58. The Balaban J connectivity index is 2.32. The molecule has 0 heterocycles. The maximum atomic E-state index is 5.71. The van der Waals surface area contributed by atoms with E-state index >= 15 is 0 Å². The monoisotopic (exact) mass is 279 g/mol. The van der Waals surface area contributed by atoms with Gasteiger partial charge in [-0.25, -0.2) is 0 Å². The van der Waals surface area contributed by atoms with Gasteiger partial charge in [0.1, 0.15) is 0 Å². The molecule has 1 N–H and O–H groups in total. The smallest absolute Gasteiger partial charge is 0.0701 e. The summed E-state index contributed by atoms with van der Waals surface area (Å²) in [5.74, 6) is 0. The average molecular weight is 279 g/mol. The summed E-state index contributed by atoms with van der Waals surface area (Å²) in [5, 5.41) is 3.32. The predicted molar refractivity (Wildman–Crippen MR) is 84.3 cm³/mol. The molecule has 0 aliphatic rings. The molecule has 1 rings (SSSR count). The van der Waals surface area contributed by atoms with Crippen LogP contribution in [0.15, 0.2) is 18.2 Å². The molecule has 3 nitrogen and oxygen atoms in total. The molecular weight excluding hydrogens is 250 g/mol. The van der Waals surface area contributed by atoms with Crippen LogP contribution in [-0.2, 0) is 9.47 Å². The van der Waals surface area contributed by atoms with Crippen LogP contribution in [0.5, 0.6) is 0 Å². The number of aryl methyl sites for hydroxylation is 2. The molecule has 0 fully saturated rings. The van der Waals surface area contributed by atoms with E-state index in [-0.39, 0.29) is 6.04 Å². The van der Waals surface area contributed by atoms with Crippen LogP contribution in [0.4, 0.5) is 0 Å². The van der Waals surface area contributed by atoms with E-state index in [0.717, 1.165) is 13.0 Å². The molecule has 20 heavy (non-hydrogen) atoms. The topological polar surface area (TPSA) is 30.5 Å². The summed E-state index contributed by atoms with van der Waals surface area (Å²) >= 11 is 0. The normalized spacial score (nSPS) is 12.6. The third-order valence-corrected chi connectivity index (χ3v) is 3.29. The van der Waals surface area contributed by atoms with Crippen molar-refractivity contribution in [2.45, 2.75) is 39.7 Å². The van der Waals surface area contributed by atoms with Gasteiger partial charge in [0, 0.05) is 6.61 Å². The fourth-order valence-electron chi connectivity index (χ4n) is 2.22. The van der Waals surface area contributed by atoms with Crippen LogP contribution in [0.3, 0.4) is 0 Å². The zero-order valence-corrected chi connectivity index (χ0v) is 13.4. The maximum absolute atomic E-state index is 5.71. The van der Waals surface area contributed by atoms with E-state index in [4.69, 9.17) is 9.47 Å². The quantitative estimate of drug-likeness (QED) is 0.666. The van der Waals surface area contributed by atoms with Crippen molar-refractivity contribution < 1.29 is 9.47 Å². The second-order valence-corrected chi connectivity index (χ2v) is 5.30. The van der Waals surface area contributed by atoms with Crippen LogP contribution in [-0.4, -0.2) is 33.5 Å². The highest BCUT2D eigenvalue weighted by atomic mass is 16.5. The Morgan fingerprint density at radius 1 is 1.00 bits per heavy atom. The molecule has 0 saturated heterocycles. The van der Waals surface area contributed by atoms with Gasteiger partial charge >= 0.3 is 0 Å². The van der Waals surface area contributed by atoms with Gasteiger partial charge in [0.15, 0.2) is 0 Å². The van der Waals surface area contributed by atoms with Gasteiger partial charge in [0.2, 0.25) is 0 Å². The average Bonchev–Trinajstić information content (AvgIpc) is 2.41. The molecule has 0 aliphatic heterocycles. The first-order chi connectivity index (χ1) is 9.67. The van der Waals surface area contributed by atoms with Gasteiger partial charge < -0.3 is 14.8 Å². The van der Waals surface area contributed by atoms with Crippen molar-refractivity contribution in [3.05, 3.63) is 34.9 Å². The molecule has 0 aliphatic carbocycles. The zero-order chi connectivity index (χ0) is 14.8. The van der Waals surface area contributed by atoms with Gasteiger partial charge in [0.25, 0.3) is 0 Å². The van der Waals surface area contributed by atoms with Crippen molar-refractivity contribution in [2.24, 2.45) is 0 Å². The highest BCUT2D eigenvalue weighted by Gasteiger charge is 2.10. The lowest BCUT2D eigenvalue weighted by molar-refractivity contribution is 0.0388. The van der Waals surface area contributed by atoms with E-state index in [2.05, 4.69) is 44.3 Å². The fraction of sp³-hybridized carbons (Fsp3) is 0.647. The predicted octanol–water partition coefficient (Wildman–Crippen LogP) is 3.40.